The second-order valence-electron chi connectivity index (χ2n) is 6.80. The molecule has 5 nitrogen and oxygen atoms in total. The molecule has 1 aromatic rings. The highest BCUT2D eigenvalue weighted by Gasteiger charge is 2.49. The van der Waals surface area contributed by atoms with Gasteiger partial charge in [-0.25, -0.2) is 8.42 Å². The first-order valence-electron chi connectivity index (χ1n) is 8.66. The van der Waals surface area contributed by atoms with Gasteiger partial charge in [0.05, 0.1) is 17.5 Å². The standard InChI is InChI=1S/C18H24N2O3S2/c1-4-5-9-16(21)19-18-20(17-12(2)7-6-8-13(17)3)14-10-25(22,23)11-15(14)24-18/h6-8,14-15H,4-5,9-11H2,1-3H3/t14-,15+/m1/s1. The summed E-state index contributed by atoms with van der Waals surface area (Å²) in [6, 6.07) is 5.87. The summed E-state index contributed by atoms with van der Waals surface area (Å²) in [5, 5.41) is 0.602. The van der Waals surface area contributed by atoms with E-state index in [1.54, 1.807) is 0 Å². The summed E-state index contributed by atoms with van der Waals surface area (Å²) >= 11 is 1.44. The van der Waals surface area contributed by atoms with Gasteiger partial charge in [0, 0.05) is 17.4 Å². The molecule has 1 aromatic carbocycles. The lowest BCUT2D eigenvalue weighted by molar-refractivity contribution is -0.117. The van der Waals surface area contributed by atoms with Gasteiger partial charge in [0.2, 0.25) is 5.91 Å². The Morgan fingerprint density at radius 1 is 1.28 bits per heavy atom. The normalized spacial score (nSPS) is 26.2. The molecule has 1 amide bonds. The maximum absolute atomic E-state index is 12.2. The molecule has 25 heavy (non-hydrogen) atoms. The van der Waals surface area contributed by atoms with Gasteiger partial charge in [0.1, 0.15) is 0 Å². The number of thioether (sulfide) groups is 1. The topological polar surface area (TPSA) is 66.8 Å². The number of fused-ring (bicyclic) bond motifs is 1. The van der Waals surface area contributed by atoms with Crippen LogP contribution in [-0.2, 0) is 14.6 Å². The molecule has 0 N–H and O–H groups in total. The highest BCUT2D eigenvalue weighted by molar-refractivity contribution is 8.16. The molecule has 2 fully saturated rings. The molecular weight excluding hydrogens is 356 g/mol. The minimum Gasteiger partial charge on any atom is -0.315 e. The van der Waals surface area contributed by atoms with Crippen LogP contribution >= 0.6 is 11.8 Å². The number of hydrogen-bond acceptors (Lipinski definition) is 4. The van der Waals surface area contributed by atoms with Crippen LogP contribution in [0.3, 0.4) is 0 Å². The third-order valence-corrected chi connectivity index (χ3v) is 7.92. The van der Waals surface area contributed by atoms with Crippen LogP contribution in [0.5, 0.6) is 0 Å². The average molecular weight is 381 g/mol. The number of sulfone groups is 1. The number of hydrogen-bond donors (Lipinski definition) is 0. The number of nitrogens with zero attached hydrogens (tertiary/aromatic N) is 2. The molecule has 2 atom stereocenters. The zero-order valence-electron chi connectivity index (χ0n) is 14.9. The van der Waals surface area contributed by atoms with Crippen LogP contribution in [0.1, 0.15) is 37.3 Å². The van der Waals surface area contributed by atoms with E-state index in [1.807, 2.05) is 43.9 Å². The highest BCUT2D eigenvalue weighted by atomic mass is 32.2. The Hall–Kier alpha value is -1.34. The molecule has 0 saturated carbocycles. The van der Waals surface area contributed by atoms with Gasteiger partial charge < -0.3 is 4.90 Å². The fourth-order valence-electron chi connectivity index (χ4n) is 3.50. The van der Waals surface area contributed by atoms with Crippen molar-refractivity contribution in [1.29, 1.82) is 0 Å². The first-order valence-corrected chi connectivity index (χ1v) is 11.4. The highest BCUT2D eigenvalue weighted by Crippen LogP contribution is 2.43. The number of rotatable bonds is 4. The zero-order chi connectivity index (χ0) is 18.2. The Morgan fingerprint density at radius 2 is 1.96 bits per heavy atom. The van der Waals surface area contributed by atoms with E-state index < -0.39 is 9.84 Å². The number of benzene rings is 1. The second kappa shape index (κ2) is 7.11. The maximum atomic E-state index is 12.2. The van der Waals surface area contributed by atoms with Crippen molar-refractivity contribution in [3.8, 4) is 0 Å². The molecule has 0 bridgehead atoms. The number of amidine groups is 1. The molecule has 0 radical (unpaired) electrons. The molecule has 2 saturated heterocycles. The lowest BCUT2D eigenvalue weighted by Crippen LogP contribution is -2.38. The Bertz CT molecular complexity index is 797. The molecular formula is C18H24N2O3S2. The summed E-state index contributed by atoms with van der Waals surface area (Å²) in [6.07, 6.45) is 2.22. The minimum atomic E-state index is -3.04. The van der Waals surface area contributed by atoms with Crippen LogP contribution in [0.15, 0.2) is 23.2 Å². The fourth-order valence-corrected chi connectivity index (χ4v) is 7.42. The number of unbranched alkanes of at least 4 members (excludes halogenated alkanes) is 1. The van der Waals surface area contributed by atoms with Crippen molar-refractivity contribution in [2.24, 2.45) is 4.99 Å². The summed E-state index contributed by atoms with van der Waals surface area (Å²) in [4.78, 5) is 18.6. The smallest absolute Gasteiger partial charge is 0.248 e. The fraction of sp³-hybridized carbons (Fsp3) is 0.556. The number of carbonyl (C=O) groups is 1. The van der Waals surface area contributed by atoms with E-state index in [-0.39, 0.29) is 28.7 Å². The van der Waals surface area contributed by atoms with Crippen LogP contribution in [0.2, 0.25) is 0 Å². The quantitative estimate of drug-likeness (QED) is 0.803. The Balaban J connectivity index is 2.01. The van der Waals surface area contributed by atoms with Crippen LogP contribution in [0.25, 0.3) is 0 Å². The minimum absolute atomic E-state index is 0.0540. The van der Waals surface area contributed by atoms with Gasteiger partial charge in [-0.2, -0.15) is 4.99 Å². The first kappa shape index (κ1) is 18.5. The van der Waals surface area contributed by atoms with Crippen LogP contribution in [0.4, 0.5) is 5.69 Å². The molecule has 3 rings (SSSR count). The van der Waals surface area contributed by atoms with E-state index in [0.717, 1.165) is 29.7 Å². The summed E-state index contributed by atoms with van der Waals surface area (Å²) in [5.41, 5.74) is 3.13. The van der Waals surface area contributed by atoms with Crippen molar-refractivity contribution in [1.82, 2.24) is 0 Å². The predicted octanol–water partition coefficient (Wildman–Crippen LogP) is 3.10. The summed E-state index contributed by atoms with van der Waals surface area (Å²) in [5.74, 6) is 0.162. The summed E-state index contributed by atoms with van der Waals surface area (Å²) in [6.45, 7) is 6.07. The molecule has 0 unspecified atom stereocenters. The van der Waals surface area contributed by atoms with E-state index in [4.69, 9.17) is 0 Å². The van der Waals surface area contributed by atoms with Gasteiger partial charge in [0.25, 0.3) is 0 Å². The van der Waals surface area contributed by atoms with Crippen molar-refractivity contribution in [2.75, 3.05) is 16.4 Å². The molecule has 0 aromatic heterocycles. The maximum Gasteiger partial charge on any atom is 0.248 e. The predicted molar refractivity (Wildman–Crippen MR) is 104 cm³/mol. The van der Waals surface area contributed by atoms with Gasteiger partial charge in [-0.05, 0) is 31.4 Å². The largest absolute Gasteiger partial charge is 0.315 e. The van der Waals surface area contributed by atoms with E-state index in [2.05, 4.69) is 4.99 Å². The zero-order valence-corrected chi connectivity index (χ0v) is 16.5. The summed E-state index contributed by atoms with van der Waals surface area (Å²) in [7, 11) is -3.04. The van der Waals surface area contributed by atoms with Gasteiger partial charge in [0.15, 0.2) is 15.0 Å². The Kier molecular flexibility index (Phi) is 5.25. The lowest BCUT2D eigenvalue weighted by atomic mass is 10.1. The molecule has 2 aliphatic rings. The van der Waals surface area contributed by atoms with Crippen LogP contribution < -0.4 is 4.90 Å². The number of para-hydroxylation sites is 1. The van der Waals surface area contributed by atoms with Crippen LogP contribution in [-0.4, -0.2) is 42.3 Å². The number of aryl methyl sites for hydroxylation is 2. The second-order valence-corrected chi connectivity index (χ2v) is 10.2. The molecule has 136 valence electrons. The number of aliphatic imine (C=N–C) groups is 1. The monoisotopic (exact) mass is 380 g/mol. The van der Waals surface area contributed by atoms with Crippen molar-refractivity contribution < 1.29 is 13.2 Å². The van der Waals surface area contributed by atoms with E-state index in [0.29, 0.717) is 11.6 Å². The molecule has 2 heterocycles. The van der Waals surface area contributed by atoms with Crippen molar-refractivity contribution >= 4 is 38.4 Å². The molecule has 7 heteroatoms. The SMILES string of the molecule is CCCCC(=O)N=C1S[C@H]2CS(=O)(=O)C[C@H]2N1c1c(C)cccc1C. The number of carbonyl (C=O) groups excluding carboxylic acids is 1. The Morgan fingerprint density at radius 3 is 2.60 bits per heavy atom. The van der Waals surface area contributed by atoms with E-state index in [9.17, 15) is 13.2 Å². The third-order valence-electron chi connectivity index (χ3n) is 4.71. The number of anilines is 1. The van der Waals surface area contributed by atoms with Gasteiger partial charge in [-0.3, -0.25) is 4.79 Å². The van der Waals surface area contributed by atoms with Crippen LogP contribution in [0, 0.1) is 13.8 Å². The van der Waals surface area contributed by atoms with Gasteiger partial charge >= 0.3 is 0 Å². The van der Waals surface area contributed by atoms with Crippen molar-refractivity contribution in [3.05, 3.63) is 29.3 Å². The van der Waals surface area contributed by atoms with Gasteiger partial charge in [-0.15, -0.1) is 0 Å². The molecule has 0 aliphatic carbocycles. The number of amides is 1. The van der Waals surface area contributed by atoms with Gasteiger partial charge in [-0.1, -0.05) is 43.3 Å². The van der Waals surface area contributed by atoms with E-state index >= 15 is 0 Å². The molecule has 2 aliphatic heterocycles. The first-order chi connectivity index (χ1) is 11.8. The van der Waals surface area contributed by atoms with Crippen molar-refractivity contribution in [2.45, 2.75) is 51.3 Å². The average Bonchev–Trinajstić information content (AvgIpc) is 2.97. The van der Waals surface area contributed by atoms with E-state index in [1.165, 1.54) is 11.8 Å². The summed E-state index contributed by atoms with van der Waals surface area (Å²) < 4.78 is 24.2. The third kappa shape index (κ3) is 3.77. The Labute approximate surface area is 153 Å². The molecule has 0 spiro atoms. The van der Waals surface area contributed by atoms with Crippen molar-refractivity contribution in [3.63, 3.8) is 0 Å². The lowest BCUT2D eigenvalue weighted by Gasteiger charge is -2.28.